The Morgan fingerprint density at radius 1 is 1.25 bits per heavy atom. The van der Waals surface area contributed by atoms with E-state index in [9.17, 15) is 0 Å². The molecule has 0 saturated carbocycles. The molecule has 0 spiro atoms. The molecular weight excluding hydrogens is 312 g/mol. The molecule has 2 rings (SSSR count). The van der Waals surface area contributed by atoms with Gasteiger partial charge in [0.15, 0.2) is 0 Å². The number of nitrogens with zero attached hydrogens (tertiary/aromatic N) is 1. The summed E-state index contributed by atoms with van der Waals surface area (Å²) >= 11 is 3.48. The first-order chi connectivity index (χ1) is 9.63. The van der Waals surface area contributed by atoms with E-state index in [0.29, 0.717) is 6.04 Å². The van der Waals surface area contributed by atoms with Crippen LogP contribution in [0.2, 0.25) is 0 Å². The Bertz CT molecular complexity index is 382. The maximum Gasteiger partial charge on any atom is 0.0175 e. The van der Waals surface area contributed by atoms with Crippen LogP contribution in [0.25, 0.3) is 0 Å². The monoisotopic (exact) mass is 338 g/mol. The molecule has 1 saturated heterocycles. The van der Waals surface area contributed by atoms with E-state index in [1.807, 2.05) is 0 Å². The highest BCUT2D eigenvalue weighted by molar-refractivity contribution is 9.10. The van der Waals surface area contributed by atoms with Gasteiger partial charge in [0, 0.05) is 10.5 Å². The summed E-state index contributed by atoms with van der Waals surface area (Å²) in [6.45, 7) is 6.00. The van der Waals surface area contributed by atoms with Crippen molar-refractivity contribution in [2.24, 2.45) is 5.92 Å². The number of halogens is 1. The molecule has 1 aromatic carbocycles. The first kappa shape index (κ1) is 16.0. The summed E-state index contributed by atoms with van der Waals surface area (Å²) < 4.78 is 1.16. The zero-order valence-corrected chi connectivity index (χ0v) is 14.3. The summed E-state index contributed by atoms with van der Waals surface area (Å²) in [4.78, 5) is 2.44. The number of rotatable bonds is 6. The standard InChI is InChI=1S/C17H27BrN2/c1-14(13-16-3-5-17(18)6-4-16)19-10-7-15-8-11-20(2)12-9-15/h3-6,14-15,19H,7-13H2,1-2H3. The van der Waals surface area contributed by atoms with E-state index in [2.05, 4.69) is 64.4 Å². The fraction of sp³-hybridized carbons (Fsp3) is 0.647. The molecule has 112 valence electrons. The minimum atomic E-state index is 0.558. The third kappa shape index (κ3) is 5.55. The van der Waals surface area contributed by atoms with Crippen molar-refractivity contribution in [3.8, 4) is 0 Å². The lowest BCUT2D eigenvalue weighted by Crippen LogP contribution is -2.34. The van der Waals surface area contributed by atoms with Crippen molar-refractivity contribution in [2.75, 3.05) is 26.7 Å². The highest BCUT2D eigenvalue weighted by Crippen LogP contribution is 2.19. The van der Waals surface area contributed by atoms with E-state index in [1.165, 1.54) is 37.9 Å². The maximum atomic E-state index is 3.68. The molecule has 1 aliphatic heterocycles. The smallest absolute Gasteiger partial charge is 0.0175 e. The zero-order valence-electron chi connectivity index (χ0n) is 12.7. The minimum Gasteiger partial charge on any atom is -0.314 e. The Morgan fingerprint density at radius 2 is 1.90 bits per heavy atom. The van der Waals surface area contributed by atoms with Crippen molar-refractivity contribution in [3.05, 3.63) is 34.3 Å². The van der Waals surface area contributed by atoms with Crippen molar-refractivity contribution in [3.63, 3.8) is 0 Å². The van der Waals surface area contributed by atoms with Gasteiger partial charge in [-0.2, -0.15) is 0 Å². The molecule has 1 N–H and O–H groups in total. The molecule has 0 aromatic heterocycles. The van der Waals surface area contributed by atoms with E-state index in [4.69, 9.17) is 0 Å². The Hall–Kier alpha value is -0.380. The normalized spacial score (nSPS) is 19.1. The Morgan fingerprint density at radius 3 is 2.55 bits per heavy atom. The van der Waals surface area contributed by atoms with Gasteiger partial charge < -0.3 is 10.2 Å². The van der Waals surface area contributed by atoms with E-state index in [0.717, 1.165) is 23.4 Å². The predicted octanol–water partition coefficient (Wildman–Crippen LogP) is 3.70. The molecule has 20 heavy (non-hydrogen) atoms. The molecule has 1 heterocycles. The van der Waals surface area contributed by atoms with Crippen molar-refractivity contribution in [1.29, 1.82) is 0 Å². The summed E-state index contributed by atoms with van der Waals surface area (Å²) in [5.74, 6) is 0.929. The lowest BCUT2D eigenvalue weighted by Gasteiger charge is -2.29. The van der Waals surface area contributed by atoms with E-state index in [-0.39, 0.29) is 0 Å². The maximum absolute atomic E-state index is 3.68. The molecule has 1 aromatic rings. The predicted molar refractivity (Wildman–Crippen MR) is 90.1 cm³/mol. The molecule has 0 radical (unpaired) electrons. The van der Waals surface area contributed by atoms with Crippen LogP contribution < -0.4 is 5.32 Å². The van der Waals surface area contributed by atoms with Gasteiger partial charge in [-0.05, 0) is 82.9 Å². The summed E-state index contributed by atoms with van der Waals surface area (Å²) in [5, 5.41) is 3.68. The van der Waals surface area contributed by atoms with Gasteiger partial charge in [0.1, 0.15) is 0 Å². The summed E-state index contributed by atoms with van der Waals surface area (Å²) in [7, 11) is 2.23. The van der Waals surface area contributed by atoms with Crippen molar-refractivity contribution in [2.45, 2.75) is 38.6 Å². The molecule has 1 fully saturated rings. The quantitative estimate of drug-likeness (QED) is 0.850. The average Bonchev–Trinajstić information content (AvgIpc) is 2.44. The molecule has 0 aliphatic carbocycles. The van der Waals surface area contributed by atoms with E-state index in [1.54, 1.807) is 0 Å². The van der Waals surface area contributed by atoms with Crippen LogP contribution in [-0.2, 0) is 6.42 Å². The zero-order chi connectivity index (χ0) is 14.4. The van der Waals surface area contributed by atoms with Crippen LogP contribution in [-0.4, -0.2) is 37.6 Å². The van der Waals surface area contributed by atoms with Crippen LogP contribution in [0.4, 0.5) is 0 Å². The van der Waals surface area contributed by atoms with Gasteiger partial charge in [0.2, 0.25) is 0 Å². The van der Waals surface area contributed by atoms with Gasteiger partial charge in [-0.15, -0.1) is 0 Å². The largest absolute Gasteiger partial charge is 0.314 e. The Kier molecular flexibility index (Phi) is 6.53. The number of likely N-dealkylation sites (tertiary alicyclic amines) is 1. The van der Waals surface area contributed by atoms with Crippen LogP contribution in [0, 0.1) is 5.92 Å². The van der Waals surface area contributed by atoms with Gasteiger partial charge in [0.25, 0.3) is 0 Å². The first-order valence-corrected chi connectivity index (χ1v) is 8.59. The fourth-order valence-electron chi connectivity index (χ4n) is 2.93. The topological polar surface area (TPSA) is 15.3 Å². The van der Waals surface area contributed by atoms with Crippen LogP contribution >= 0.6 is 15.9 Å². The molecule has 0 bridgehead atoms. The second-order valence-electron chi connectivity index (χ2n) is 6.22. The second kappa shape index (κ2) is 8.16. The highest BCUT2D eigenvalue weighted by Gasteiger charge is 2.16. The van der Waals surface area contributed by atoms with Gasteiger partial charge in [-0.1, -0.05) is 28.1 Å². The lowest BCUT2D eigenvalue weighted by atomic mass is 9.94. The minimum absolute atomic E-state index is 0.558. The van der Waals surface area contributed by atoms with Crippen LogP contribution in [0.15, 0.2) is 28.7 Å². The molecule has 1 aliphatic rings. The van der Waals surface area contributed by atoms with Crippen LogP contribution in [0.3, 0.4) is 0 Å². The number of nitrogens with one attached hydrogen (secondary N) is 1. The number of hydrogen-bond acceptors (Lipinski definition) is 2. The summed E-state index contributed by atoms with van der Waals surface area (Å²) in [5.41, 5.74) is 1.41. The molecular formula is C17H27BrN2. The third-order valence-electron chi connectivity index (χ3n) is 4.34. The van der Waals surface area contributed by atoms with Gasteiger partial charge in [-0.25, -0.2) is 0 Å². The highest BCUT2D eigenvalue weighted by atomic mass is 79.9. The first-order valence-electron chi connectivity index (χ1n) is 7.80. The summed E-state index contributed by atoms with van der Waals surface area (Å²) in [6, 6.07) is 9.22. The number of piperidine rings is 1. The van der Waals surface area contributed by atoms with Gasteiger partial charge >= 0.3 is 0 Å². The number of benzene rings is 1. The molecule has 1 unspecified atom stereocenters. The molecule has 3 heteroatoms. The number of hydrogen-bond donors (Lipinski definition) is 1. The Balaban J connectivity index is 1.62. The average molecular weight is 339 g/mol. The molecule has 1 atom stereocenters. The second-order valence-corrected chi connectivity index (χ2v) is 7.14. The summed E-state index contributed by atoms with van der Waals surface area (Å²) in [6.07, 6.45) is 5.19. The van der Waals surface area contributed by atoms with Crippen molar-refractivity contribution < 1.29 is 0 Å². The van der Waals surface area contributed by atoms with Gasteiger partial charge in [0.05, 0.1) is 0 Å². The molecule has 2 nitrogen and oxygen atoms in total. The van der Waals surface area contributed by atoms with Gasteiger partial charge in [-0.3, -0.25) is 0 Å². The Labute approximate surface area is 132 Å². The van der Waals surface area contributed by atoms with Crippen molar-refractivity contribution >= 4 is 15.9 Å². The van der Waals surface area contributed by atoms with Crippen LogP contribution in [0.5, 0.6) is 0 Å². The van der Waals surface area contributed by atoms with E-state index < -0.39 is 0 Å². The van der Waals surface area contributed by atoms with Crippen LogP contribution in [0.1, 0.15) is 31.7 Å². The van der Waals surface area contributed by atoms with E-state index >= 15 is 0 Å². The molecule has 0 amide bonds. The third-order valence-corrected chi connectivity index (χ3v) is 4.87. The van der Waals surface area contributed by atoms with Crippen molar-refractivity contribution in [1.82, 2.24) is 10.2 Å². The fourth-order valence-corrected chi connectivity index (χ4v) is 3.20. The SMILES string of the molecule is CC(Cc1ccc(Br)cc1)NCCC1CCN(C)CC1. The lowest BCUT2D eigenvalue weighted by molar-refractivity contribution is 0.210.